The van der Waals surface area contributed by atoms with Crippen LogP contribution in [0.2, 0.25) is 0 Å². The molecule has 0 aliphatic rings. The maximum atomic E-state index is 12.7. The highest BCUT2D eigenvalue weighted by Crippen LogP contribution is 2.34. The molecule has 33 heavy (non-hydrogen) atoms. The van der Waals surface area contributed by atoms with Gasteiger partial charge in [-0.3, -0.25) is 4.98 Å². The Bertz CT molecular complexity index is 1220. The van der Waals surface area contributed by atoms with E-state index >= 15 is 0 Å². The van der Waals surface area contributed by atoms with E-state index in [1.54, 1.807) is 43.8 Å². The second-order valence-electron chi connectivity index (χ2n) is 6.91. The highest BCUT2D eigenvalue weighted by Gasteiger charge is 2.30. The molecule has 0 fully saturated rings. The summed E-state index contributed by atoms with van der Waals surface area (Å²) < 4.78 is 54.2. The van der Waals surface area contributed by atoms with Gasteiger partial charge in [-0.2, -0.15) is 13.2 Å². The van der Waals surface area contributed by atoms with Crippen LogP contribution in [0.3, 0.4) is 0 Å². The number of nitrogens with one attached hydrogen (secondary N) is 1. The molecule has 7 nitrogen and oxygen atoms in total. The molecule has 0 unspecified atom stereocenters. The Kier molecular flexibility index (Phi) is 6.16. The van der Waals surface area contributed by atoms with E-state index in [0.717, 1.165) is 23.4 Å². The van der Waals surface area contributed by atoms with Crippen molar-refractivity contribution in [3.63, 3.8) is 0 Å². The Labute approximate surface area is 187 Å². The summed E-state index contributed by atoms with van der Waals surface area (Å²) in [6, 6.07) is 11.1. The molecule has 0 amide bonds. The third-order valence-electron chi connectivity index (χ3n) is 4.78. The monoisotopic (exact) mass is 456 g/mol. The van der Waals surface area contributed by atoms with Gasteiger partial charge in [0.1, 0.15) is 23.9 Å². The van der Waals surface area contributed by atoms with Crippen LogP contribution in [0.15, 0.2) is 61.1 Å². The third-order valence-corrected chi connectivity index (χ3v) is 4.78. The standard InChI is InChI=1S/C23H19F3N4O3/c1-31-20-9-17(33-13-16-5-4-15(11-27-16)23(24,25)26)6-7-18(20)19-12-29-22(30-19)14-3-8-21(32-2)28-10-14/h3-12H,13H2,1-2H3,(H,29,30). The summed E-state index contributed by atoms with van der Waals surface area (Å²) in [6.07, 6.45) is -0.226. The zero-order chi connectivity index (χ0) is 23.4. The van der Waals surface area contributed by atoms with Gasteiger partial charge in [0.2, 0.25) is 5.88 Å². The number of imidazole rings is 1. The number of benzene rings is 1. The van der Waals surface area contributed by atoms with Crippen molar-refractivity contribution in [2.75, 3.05) is 14.2 Å². The molecular formula is C23H19F3N4O3. The Hall–Kier alpha value is -4.08. The molecule has 0 saturated carbocycles. The van der Waals surface area contributed by atoms with E-state index in [1.165, 1.54) is 13.2 Å². The van der Waals surface area contributed by atoms with Crippen molar-refractivity contribution >= 4 is 0 Å². The first-order valence-electron chi connectivity index (χ1n) is 9.76. The van der Waals surface area contributed by atoms with E-state index in [9.17, 15) is 13.2 Å². The van der Waals surface area contributed by atoms with Crippen LogP contribution < -0.4 is 14.2 Å². The van der Waals surface area contributed by atoms with E-state index < -0.39 is 11.7 Å². The molecule has 0 spiro atoms. The van der Waals surface area contributed by atoms with Crippen LogP contribution in [0.25, 0.3) is 22.6 Å². The number of hydrogen-bond acceptors (Lipinski definition) is 6. The predicted octanol–water partition coefficient (Wildman–Crippen LogP) is 5.15. The van der Waals surface area contributed by atoms with Crippen molar-refractivity contribution in [3.8, 4) is 40.0 Å². The summed E-state index contributed by atoms with van der Waals surface area (Å²) in [6.45, 7) is 0.0116. The third kappa shape index (κ3) is 5.05. The fraction of sp³-hybridized carbons (Fsp3) is 0.174. The van der Waals surface area contributed by atoms with Crippen molar-refractivity contribution in [1.29, 1.82) is 0 Å². The van der Waals surface area contributed by atoms with Crippen LogP contribution in [0.5, 0.6) is 17.4 Å². The fourth-order valence-electron chi connectivity index (χ4n) is 3.06. The smallest absolute Gasteiger partial charge is 0.417 e. The Morgan fingerprint density at radius 3 is 2.42 bits per heavy atom. The van der Waals surface area contributed by atoms with Crippen molar-refractivity contribution in [1.82, 2.24) is 19.9 Å². The Balaban J connectivity index is 1.48. The first-order valence-corrected chi connectivity index (χ1v) is 9.76. The number of rotatable bonds is 7. The number of alkyl halides is 3. The highest BCUT2D eigenvalue weighted by molar-refractivity contribution is 5.70. The predicted molar refractivity (Wildman–Crippen MR) is 114 cm³/mol. The molecule has 1 aromatic carbocycles. The van der Waals surface area contributed by atoms with Crippen LogP contribution in [0.4, 0.5) is 13.2 Å². The normalized spacial score (nSPS) is 11.3. The lowest BCUT2D eigenvalue weighted by Gasteiger charge is -2.11. The topological polar surface area (TPSA) is 82.1 Å². The van der Waals surface area contributed by atoms with Gasteiger partial charge < -0.3 is 19.2 Å². The second-order valence-corrected chi connectivity index (χ2v) is 6.91. The zero-order valence-corrected chi connectivity index (χ0v) is 17.7. The van der Waals surface area contributed by atoms with Gasteiger partial charge in [-0.1, -0.05) is 0 Å². The highest BCUT2D eigenvalue weighted by atomic mass is 19.4. The first kappa shape index (κ1) is 22.1. The number of ether oxygens (including phenoxy) is 3. The van der Waals surface area contributed by atoms with E-state index in [0.29, 0.717) is 34.6 Å². The van der Waals surface area contributed by atoms with Gasteiger partial charge in [-0.25, -0.2) is 9.97 Å². The summed E-state index contributed by atoms with van der Waals surface area (Å²) in [7, 11) is 3.08. The number of nitrogens with zero attached hydrogens (tertiary/aromatic N) is 3. The molecule has 0 aliphatic carbocycles. The van der Waals surface area contributed by atoms with Crippen molar-refractivity contribution in [2.45, 2.75) is 12.8 Å². The van der Waals surface area contributed by atoms with Gasteiger partial charge in [-0.15, -0.1) is 0 Å². The molecule has 3 heterocycles. The van der Waals surface area contributed by atoms with Gasteiger partial charge in [-0.05, 0) is 30.3 Å². The number of pyridine rings is 2. The molecule has 0 saturated heterocycles. The minimum atomic E-state index is -4.43. The summed E-state index contributed by atoms with van der Waals surface area (Å²) >= 11 is 0. The number of hydrogen-bond donors (Lipinski definition) is 1. The molecule has 1 N–H and O–H groups in total. The minimum Gasteiger partial charge on any atom is -0.496 e. The Morgan fingerprint density at radius 1 is 0.939 bits per heavy atom. The largest absolute Gasteiger partial charge is 0.496 e. The molecule has 0 aliphatic heterocycles. The maximum Gasteiger partial charge on any atom is 0.417 e. The van der Waals surface area contributed by atoms with E-state index in [1.807, 2.05) is 6.07 Å². The van der Waals surface area contributed by atoms with Crippen LogP contribution in [-0.4, -0.2) is 34.2 Å². The molecule has 10 heteroatoms. The first-order chi connectivity index (χ1) is 15.9. The Morgan fingerprint density at radius 2 is 1.79 bits per heavy atom. The van der Waals surface area contributed by atoms with Gasteiger partial charge in [0.15, 0.2) is 0 Å². The quantitative estimate of drug-likeness (QED) is 0.414. The lowest BCUT2D eigenvalue weighted by atomic mass is 10.1. The summed E-state index contributed by atoms with van der Waals surface area (Å²) in [5, 5.41) is 0. The average molecular weight is 456 g/mol. The average Bonchev–Trinajstić information content (AvgIpc) is 3.32. The van der Waals surface area contributed by atoms with Crippen LogP contribution in [0.1, 0.15) is 11.3 Å². The lowest BCUT2D eigenvalue weighted by molar-refractivity contribution is -0.137. The molecule has 3 aromatic heterocycles. The molecule has 0 radical (unpaired) electrons. The van der Waals surface area contributed by atoms with Gasteiger partial charge in [0.25, 0.3) is 0 Å². The second kappa shape index (κ2) is 9.19. The number of aromatic amines is 1. The number of methoxy groups -OCH3 is 2. The summed E-state index contributed by atoms with van der Waals surface area (Å²) in [5.74, 6) is 2.15. The van der Waals surface area contributed by atoms with Crippen LogP contribution in [-0.2, 0) is 12.8 Å². The molecule has 4 rings (SSSR count). The SMILES string of the molecule is COc1ccc(-c2nc(-c3ccc(OCc4ccc(C(F)(F)F)cn4)cc3OC)c[nH]2)cn1. The lowest BCUT2D eigenvalue weighted by Crippen LogP contribution is -2.06. The minimum absolute atomic E-state index is 0.0116. The number of halogens is 3. The molecule has 0 bridgehead atoms. The van der Waals surface area contributed by atoms with E-state index in [4.69, 9.17) is 14.2 Å². The van der Waals surface area contributed by atoms with Crippen LogP contribution >= 0.6 is 0 Å². The fourth-order valence-corrected chi connectivity index (χ4v) is 3.06. The van der Waals surface area contributed by atoms with Gasteiger partial charge in [0, 0.05) is 41.9 Å². The van der Waals surface area contributed by atoms with Crippen molar-refractivity contribution in [2.24, 2.45) is 0 Å². The molecule has 170 valence electrons. The maximum absolute atomic E-state index is 12.7. The van der Waals surface area contributed by atoms with E-state index in [-0.39, 0.29) is 6.61 Å². The van der Waals surface area contributed by atoms with E-state index in [2.05, 4.69) is 19.9 Å². The molecule has 0 atom stereocenters. The van der Waals surface area contributed by atoms with Crippen molar-refractivity contribution < 1.29 is 27.4 Å². The van der Waals surface area contributed by atoms with Gasteiger partial charge >= 0.3 is 6.18 Å². The number of H-pyrrole nitrogens is 1. The zero-order valence-electron chi connectivity index (χ0n) is 17.7. The van der Waals surface area contributed by atoms with Crippen LogP contribution in [0, 0.1) is 0 Å². The number of aromatic nitrogens is 4. The summed E-state index contributed by atoms with van der Waals surface area (Å²) in [5.41, 5.74) is 1.76. The van der Waals surface area contributed by atoms with Crippen molar-refractivity contribution in [3.05, 3.63) is 72.3 Å². The van der Waals surface area contributed by atoms with Gasteiger partial charge in [0.05, 0.1) is 31.2 Å². The summed E-state index contributed by atoms with van der Waals surface area (Å²) in [4.78, 5) is 15.7. The molecule has 4 aromatic rings. The molecular weight excluding hydrogens is 437 g/mol.